The molecule has 0 unspecified atom stereocenters. The number of hydrogen-bond acceptors (Lipinski definition) is 3. The van der Waals surface area contributed by atoms with Gasteiger partial charge in [0.2, 0.25) is 17.7 Å². The van der Waals surface area contributed by atoms with Gasteiger partial charge in [0, 0.05) is 26.9 Å². The lowest BCUT2D eigenvalue weighted by Crippen LogP contribution is -2.49. The first kappa shape index (κ1) is 15.0. The molecule has 1 aromatic rings. The fourth-order valence-corrected chi connectivity index (χ4v) is 2.47. The minimum absolute atomic E-state index is 0.0141. The molecule has 6 nitrogen and oxygen atoms in total. The molecule has 0 aliphatic carbocycles. The van der Waals surface area contributed by atoms with E-state index in [1.54, 1.807) is 0 Å². The smallest absolute Gasteiger partial charge is 0.246 e. The van der Waals surface area contributed by atoms with Crippen molar-refractivity contribution < 1.29 is 14.4 Å². The Morgan fingerprint density at radius 2 is 1.95 bits per heavy atom. The van der Waals surface area contributed by atoms with Gasteiger partial charge in [-0.2, -0.15) is 0 Å². The van der Waals surface area contributed by atoms with Crippen LogP contribution in [0.3, 0.4) is 0 Å². The number of fused-ring (bicyclic) bond motifs is 1. The van der Waals surface area contributed by atoms with Crippen molar-refractivity contribution in [2.45, 2.75) is 25.9 Å². The van der Waals surface area contributed by atoms with Gasteiger partial charge in [-0.15, -0.1) is 0 Å². The molecule has 0 bridgehead atoms. The van der Waals surface area contributed by atoms with E-state index in [2.05, 4.69) is 10.6 Å². The lowest BCUT2D eigenvalue weighted by molar-refractivity contribution is -0.139. The molecule has 3 amide bonds. The normalized spacial score (nSPS) is 17.7. The van der Waals surface area contributed by atoms with Crippen LogP contribution in [0.25, 0.3) is 0 Å². The topological polar surface area (TPSA) is 78.5 Å². The van der Waals surface area contributed by atoms with Gasteiger partial charge < -0.3 is 15.5 Å². The number of carbonyl (C=O) groups is 3. The van der Waals surface area contributed by atoms with Gasteiger partial charge in [0.05, 0.1) is 6.54 Å². The summed E-state index contributed by atoms with van der Waals surface area (Å²) in [6.07, 6.45) is 0.443. The average molecular weight is 289 g/mol. The van der Waals surface area contributed by atoms with Gasteiger partial charge >= 0.3 is 0 Å². The van der Waals surface area contributed by atoms with Gasteiger partial charge in [-0.1, -0.05) is 24.3 Å². The van der Waals surface area contributed by atoms with Crippen LogP contribution >= 0.6 is 0 Å². The summed E-state index contributed by atoms with van der Waals surface area (Å²) in [7, 11) is 1.53. The van der Waals surface area contributed by atoms with Crippen LogP contribution in [-0.2, 0) is 27.3 Å². The van der Waals surface area contributed by atoms with Crippen molar-refractivity contribution in [1.29, 1.82) is 0 Å². The van der Waals surface area contributed by atoms with Crippen molar-refractivity contribution in [2.75, 3.05) is 13.6 Å². The molecule has 0 radical (unpaired) electrons. The molecule has 6 heteroatoms. The van der Waals surface area contributed by atoms with Gasteiger partial charge in [-0.05, 0) is 11.1 Å². The molecule has 1 aliphatic rings. The van der Waals surface area contributed by atoms with Crippen LogP contribution in [0.5, 0.6) is 0 Å². The van der Waals surface area contributed by atoms with E-state index < -0.39 is 6.04 Å². The van der Waals surface area contributed by atoms with E-state index in [0.717, 1.165) is 11.1 Å². The Kier molecular flexibility index (Phi) is 4.57. The first-order valence-corrected chi connectivity index (χ1v) is 6.84. The number of hydrogen-bond donors (Lipinski definition) is 2. The third-order valence-electron chi connectivity index (χ3n) is 3.50. The summed E-state index contributed by atoms with van der Waals surface area (Å²) >= 11 is 0. The second-order valence-corrected chi connectivity index (χ2v) is 5.09. The number of nitrogens with one attached hydrogen (secondary N) is 2. The maximum absolute atomic E-state index is 12.5. The van der Waals surface area contributed by atoms with Crippen molar-refractivity contribution in [3.05, 3.63) is 35.4 Å². The molecule has 1 atom stereocenters. The van der Waals surface area contributed by atoms with E-state index in [1.807, 2.05) is 24.3 Å². The predicted octanol–water partition coefficient (Wildman–Crippen LogP) is -0.178. The van der Waals surface area contributed by atoms with Gasteiger partial charge in [0.25, 0.3) is 0 Å². The highest BCUT2D eigenvalue weighted by molar-refractivity contribution is 5.90. The summed E-state index contributed by atoms with van der Waals surface area (Å²) in [5.41, 5.74) is 2.02. The van der Waals surface area contributed by atoms with Crippen molar-refractivity contribution >= 4 is 17.7 Å². The Hall–Kier alpha value is -2.37. The Bertz CT molecular complexity index is 571. The highest BCUT2D eigenvalue weighted by Gasteiger charge is 2.30. The summed E-state index contributed by atoms with van der Waals surface area (Å²) in [6.45, 7) is 1.74. The summed E-state index contributed by atoms with van der Waals surface area (Å²) in [6, 6.07) is 7.06. The monoisotopic (exact) mass is 289 g/mol. The molecule has 0 fully saturated rings. The number of likely N-dealkylation sites (N-methyl/N-ethyl adjacent to an activating group) is 1. The SMILES string of the molecule is CNC(=O)CN1Cc2ccccc2C[C@H](NC(C)=O)C1=O. The molecule has 0 saturated heterocycles. The van der Waals surface area contributed by atoms with Crippen LogP contribution in [0.15, 0.2) is 24.3 Å². The first-order chi connectivity index (χ1) is 10.0. The second kappa shape index (κ2) is 6.39. The van der Waals surface area contributed by atoms with E-state index in [1.165, 1.54) is 18.9 Å². The molecule has 0 aromatic heterocycles. The van der Waals surface area contributed by atoms with Gasteiger partial charge in [-0.25, -0.2) is 0 Å². The number of benzene rings is 1. The molecule has 2 rings (SSSR count). The summed E-state index contributed by atoms with van der Waals surface area (Å²) < 4.78 is 0. The third kappa shape index (κ3) is 3.59. The van der Waals surface area contributed by atoms with Crippen LogP contribution in [0.1, 0.15) is 18.1 Å². The number of carbonyl (C=O) groups excluding carboxylic acids is 3. The van der Waals surface area contributed by atoms with Crippen LogP contribution in [-0.4, -0.2) is 42.3 Å². The zero-order valence-corrected chi connectivity index (χ0v) is 12.2. The van der Waals surface area contributed by atoms with Gasteiger partial charge in [0.1, 0.15) is 6.04 Å². The molecular weight excluding hydrogens is 270 g/mol. The van der Waals surface area contributed by atoms with Crippen molar-refractivity contribution in [2.24, 2.45) is 0 Å². The van der Waals surface area contributed by atoms with Crippen LogP contribution in [0.2, 0.25) is 0 Å². The third-order valence-corrected chi connectivity index (χ3v) is 3.50. The molecule has 2 N–H and O–H groups in total. The maximum atomic E-state index is 12.5. The fraction of sp³-hybridized carbons (Fsp3) is 0.400. The van der Waals surface area contributed by atoms with Crippen LogP contribution < -0.4 is 10.6 Å². The number of nitrogens with zero attached hydrogens (tertiary/aromatic N) is 1. The highest BCUT2D eigenvalue weighted by Crippen LogP contribution is 2.19. The fourth-order valence-electron chi connectivity index (χ4n) is 2.47. The summed E-state index contributed by atoms with van der Waals surface area (Å²) in [4.78, 5) is 36.9. The van der Waals surface area contributed by atoms with E-state index in [0.29, 0.717) is 13.0 Å². The first-order valence-electron chi connectivity index (χ1n) is 6.84. The Labute approximate surface area is 123 Å². The van der Waals surface area contributed by atoms with E-state index in [9.17, 15) is 14.4 Å². The minimum Gasteiger partial charge on any atom is -0.358 e. The molecule has 0 saturated carbocycles. The molecule has 0 spiro atoms. The van der Waals surface area contributed by atoms with Gasteiger partial charge in [-0.3, -0.25) is 14.4 Å². The minimum atomic E-state index is -0.629. The Balaban J connectivity index is 2.31. The quantitative estimate of drug-likeness (QED) is 0.810. The zero-order chi connectivity index (χ0) is 15.4. The van der Waals surface area contributed by atoms with E-state index >= 15 is 0 Å². The lowest BCUT2D eigenvalue weighted by atomic mass is 10.0. The molecular formula is C15H19N3O3. The summed E-state index contributed by atoms with van der Waals surface area (Å²) in [5, 5.41) is 5.18. The Morgan fingerprint density at radius 1 is 1.29 bits per heavy atom. The number of rotatable bonds is 3. The molecule has 1 heterocycles. The second-order valence-electron chi connectivity index (χ2n) is 5.09. The highest BCUT2D eigenvalue weighted by atomic mass is 16.2. The average Bonchev–Trinajstić information content (AvgIpc) is 2.57. The molecule has 21 heavy (non-hydrogen) atoms. The summed E-state index contributed by atoms with van der Waals surface area (Å²) in [5.74, 6) is -0.720. The Morgan fingerprint density at radius 3 is 2.57 bits per heavy atom. The zero-order valence-electron chi connectivity index (χ0n) is 12.2. The van der Waals surface area contributed by atoms with Crippen LogP contribution in [0.4, 0.5) is 0 Å². The molecule has 112 valence electrons. The number of amides is 3. The largest absolute Gasteiger partial charge is 0.358 e. The molecule has 1 aromatic carbocycles. The van der Waals surface area contributed by atoms with E-state index in [-0.39, 0.29) is 24.3 Å². The van der Waals surface area contributed by atoms with Crippen LogP contribution in [0, 0.1) is 0 Å². The van der Waals surface area contributed by atoms with Gasteiger partial charge in [0.15, 0.2) is 0 Å². The predicted molar refractivity (Wildman–Crippen MR) is 77.2 cm³/mol. The standard InChI is InChI=1S/C15H19N3O3/c1-10(19)17-13-7-11-5-3-4-6-12(11)8-18(15(13)21)9-14(20)16-2/h3-6,13H,7-9H2,1-2H3,(H,16,20)(H,17,19)/t13-/m0/s1. The lowest BCUT2D eigenvalue weighted by Gasteiger charge is -2.24. The van der Waals surface area contributed by atoms with Crippen molar-refractivity contribution in [3.63, 3.8) is 0 Å². The van der Waals surface area contributed by atoms with Crippen molar-refractivity contribution in [1.82, 2.24) is 15.5 Å². The van der Waals surface area contributed by atoms with Crippen molar-refractivity contribution in [3.8, 4) is 0 Å². The molecule has 1 aliphatic heterocycles. The van der Waals surface area contributed by atoms with E-state index in [4.69, 9.17) is 0 Å². The maximum Gasteiger partial charge on any atom is 0.246 e.